The van der Waals surface area contributed by atoms with Crippen LogP contribution in [0.25, 0.3) is 22.3 Å². The van der Waals surface area contributed by atoms with Crippen LogP contribution in [-0.2, 0) is 51.3 Å². The Bertz CT molecular complexity index is 3080. The zero-order valence-electron chi connectivity index (χ0n) is 39.3. The number of nitrogens with zero attached hydrogens (tertiary/aromatic N) is 6. The van der Waals surface area contributed by atoms with Crippen LogP contribution in [0.4, 0.5) is 23.3 Å². The highest BCUT2D eigenvalue weighted by atomic mass is 33.1. The van der Waals surface area contributed by atoms with Crippen molar-refractivity contribution in [3.8, 4) is 0 Å². The van der Waals surface area contributed by atoms with Crippen LogP contribution >= 0.6 is 21.6 Å². The number of rotatable bonds is 25. The number of aromatic amines is 2. The molecule has 4 atom stereocenters. The number of nitrogen functional groups attached to an aromatic ring is 2. The monoisotopic (exact) mass is 1090 g/mol. The number of nitrogens with one attached hydrogen (secondary N) is 6. The molecule has 2 amide bonds. The summed E-state index contributed by atoms with van der Waals surface area (Å²) in [6.07, 6.45) is 0.792. The Balaban J connectivity index is 0.835. The van der Waals surface area contributed by atoms with Crippen molar-refractivity contribution in [2.75, 3.05) is 33.6 Å². The van der Waals surface area contributed by atoms with Crippen molar-refractivity contribution >= 4 is 115 Å². The molecule has 4 heterocycles. The molecule has 76 heavy (non-hydrogen) atoms. The fourth-order valence-electron chi connectivity index (χ4n) is 6.37. The maximum atomic E-state index is 12.9. The van der Waals surface area contributed by atoms with Gasteiger partial charge in [-0.1, -0.05) is 21.6 Å². The van der Waals surface area contributed by atoms with E-state index in [1.165, 1.54) is 60.9 Å². The zero-order valence-corrected chi connectivity index (χ0v) is 41.0. The lowest BCUT2D eigenvalue weighted by Crippen LogP contribution is -2.41. The van der Waals surface area contributed by atoms with Gasteiger partial charge in [0.15, 0.2) is 22.3 Å². The summed E-state index contributed by atoms with van der Waals surface area (Å²) in [7, 11) is 1.92. The second kappa shape index (κ2) is 26.2. The highest BCUT2D eigenvalue weighted by Crippen LogP contribution is 2.23. The molecule has 0 spiro atoms. The number of carboxylic acids is 2. The number of H-pyrrole nitrogens is 2. The summed E-state index contributed by atoms with van der Waals surface area (Å²) in [5.41, 5.74) is 23.8. The largest absolute Gasteiger partial charge is 0.480 e. The number of anilines is 4. The van der Waals surface area contributed by atoms with E-state index in [-0.39, 0.29) is 69.9 Å². The molecule has 0 aliphatic carbocycles. The number of amides is 2. The van der Waals surface area contributed by atoms with Crippen molar-refractivity contribution in [1.82, 2.24) is 50.5 Å². The molecule has 0 fully saturated rings. The van der Waals surface area contributed by atoms with Crippen molar-refractivity contribution in [3.63, 3.8) is 0 Å². The highest BCUT2D eigenvalue weighted by Gasteiger charge is 2.27. The Hall–Kier alpha value is -9.14. The average Bonchev–Trinajstić information content (AvgIpc) is 3.38. The van der Waals surface area contributed by atoms with E-state index in [1.54, 1.807) is 0 Å². The number of carbonyl (C=O) groups excluding carboxylic acids is 6. The van der Waals surface area contributed by atoms with E-state index >= 15 is 0 Å². The summed E-state index contributed by atoms with van der Waals surface area (Å²) in [6, 6.07) is 6.03. The first-order valence-electron chi connectivity index (χ1n) is 22.3. The number of nitrogens with two attached hydrogens (primary N) is 4. The maximum Gasteiger partial charge on any atom is 0.331 e. The molecule has 0 aliphatic heterocycles. The first-order chi connectivity index (χ1) is 36.2. The number of aliphatic carboxylic acids is 2. The van der Waals surface area contributed by atoms with E-state index in [0.29, 0.717) is 22.8 Å². The van der Waals surface area contributed by atoms with Gasteiger partial charge in [0, 0.05) is 46.8 Å². The second-order valence-electron chi connectivity index (χ2n) is 16.0. The smallest absolute Gasteiger partial charge is 0.331 e. The molecule has 4 aromatic heterocycles. The van der Waals surface area contributed by atoms with Crippen molar-refractivity contribution in [3.05, 3.63) is 104 Å². The molecule has 0 aliphatic rings. The molecule has 0 saturated heterocycles. The molecule has 2 aromatic carbocycles. The van der Waals surface area contributed by atoms with Crippen LogP contribution in [-0.4, -0.2) is 133 Å². The van der Waals surface area contributed by atoms with Crippen LogP contribution in [0.2, 0.25) is 0 Å². The Morgan fingerprint density at radius 1 is 0.579 bits per heavy atom. The van der Waals surface area contributed by atoms with Gasteiger partial charge in [0.2, 0.25) is 11.9 Å². The van der Waals surface area contributed by atoms with E-state index in [0.717, 1.165) is 21.6 Å². The number of carbonyl (C=O) groups is 8. The molecular formula is C44H46N16O14S2. The van der Waals surface area contributed by atoms with Crippen LogP contribution in [0.3, 0.4) is 0 Å². The van der Waals surface area contributed by atoms with Gasteiger partial charge in [-0.3, -0.25) is 28.8 Å². The maximum absolute atomic E-state index is 12.9. The number of aromatic nitrogens is 8. The van der Waals surface area contributed by atoms with Crippen molar-refractivity contribution < 1.29 is 58.0 Å². The van der Waals surface area contributed by atoms with Crippen molar-refractivity contribution in [2.45, 2.75) is 62.9 Å². The van der Waals surface area contributed by atoms with Gasteiger partial charge in [0.05, 0.1) is 36.9 Å². The highest BCUT2D eigenvalue weighted by molar-refractivity contribution is 8.76. The molecule has 0 saturated carbocycles. The van der Waals surface area contributed by atoms with Gasteiger partial charge in [0.25, 0.3) is 11.8 Å². The molecule has 398 valence electrons. The fraction of sp³-hybridized carbons (Fsp3) is 0.273. The van der Waals surface area contributed by atoms with Gasteiger partial charge in [0.1, 0.15) is 24.2 Å². The van der Waals surface area contributed by atoms with Gasteiger partial charge in [-0.2, -0.15) is 9.97 Å². The number of hydrogen-bond donors (Lipinski definition) is 12. The molecule has 0 bridgehead atoms. The van der Waals surface area contributed by atoms with Crippen molar-refractivity contribution in [1.29, 1.82) is 0 Å². The summed E-state index contributed by atoms with van der Waals surface area (Å²) in [5, 5.41) is 30.1. The normalized spacial score (nSPS) is 12.6. The lowest BCUT2D eigenvalue weighted by molar-refractivity contribution is -0.162. The first-order valence-corrected chi connectivity index (χ1v) is 24.7. The van der Waals surface area contributed by atoms with Crippen LogP contribution in [0.1, 0.15) is 57.8 Å². The molecule has 16 N–H and O–H groups in total. The molecular weight excluding hydrogens is 1040 g/mol. The minimum absolute atomic E-state index is 0.00192. The summed E-state index contributed by atoms with van der Waals surface area (Å²) in [5.74, 6) is -9.45. The number of ether oxygens (including phenoxy) is 2. The number of esters is 4. The Kier molecular flexibility index (Phi) is 19.4. The van der Waals surface area contributed by atoms with Crippen LogP contribution in [0, 0.1) is 0 Å². The quantitative estimate of drug-likeness (QED) is 0.0141. The lowest BCUT2D eigenvalue weighted by atomic mass is 10.1. The molecule has 0 radical (unpaired) electrons. The van der Waals surface area contributed by atoms with Crippen LogP contribution < -0.4 is 55.3 Å². The molecule has 0 unspecified atom stereocenters. The minimum atomic E-state index is -1.54. The van der Waals surface area contributed by atoms with Crippen molar-refractivity contribution in [2.24, 2.45) is 11.5 Å². The fourth-order valence-corrected chi connectivity index (χ4v) is 8.58. The van der Waals surface area contributed by atoms with Gasteiger partial charge in [-0.15, -0.1) is 0 Å². The Labute approximate surface area is 434 Å². The first kappa shape index (κ1) is 56.2. The summed E-state index contributed by atoms with van der Waals surface area (Å²) in [4.78, 5) is 153. The Morgan fingerprint density at radius 2 is 0.947 bits per heavy atom. The van der Waals surface area contributed by atoms with E-state index < -0.39 is 109 Å². The molecule has 30 nitrogen and oxygen atoms in total. The third-order valence-corrected chi connectivity index (χ3v) is 12.8. The topological polar surface area (TPSA) is 491 Å². The van der Waals surface area contributed by atoms with Crippen LogP contribution in [0.15, 0.2) is 70.5 Å². The zero-order chi connectivity index (χ0) is 55.1. The number of carboxylic acid groups (broad SMARTS) is 2. The molecule has 6 rings (SSSR count). The third kappa shape index (κ3) is 16.2. The van der Waals surface area contributed by atoms with Gasteiger partial charge in [-0.05, 0) is 61.4 Å². The SMILES string of the molecule is Nc1nc(=O)c2nc(CNc3ccc(C(=O)N[C@@H](CCC(=O)OC(=O)[C@@H](N)CSSC[C@H](N)C(=O)OC(=O)CC[C@H](NC(=O)c4ccc(NCc5cnc6[nH]c(N)nc(=O)c6n5)cc4)C(=O)O)C(=O)O)cc3)cnc2[nH]1. The Morgan fingerprint density at radius 3 is 1.30 bits per heavy atom. The van der Waals surface area contributed by atoms with Gasteiger partial charge in [-0.25, -0.2) is 39.1 Å². The predicted molar refractivity (Wildman–Crippen MR) is 272 cm³/mol. The van der Waals surface area contributed by atoms with E-state index in [1.807, 2.05) is 0 Å². The van der Waals surface area contributed by atoms with Gasteiger partial charge < -0.3 is 73.9 Å². The number of fused-ring (bicyclic) bond motifs is 2. The van der Waals surface area contributed by atoms with E-state index in [2.05, 4.69) is 61.1 Å². The lowest BCUT2D eigenvalue weighted by Gasteiger charge is -2.15. The second-order valence-corrected chi connectivity index (χ2v) is 18.6. The molecule has 6 aromatic rings. The summed E-state index contributed by atoms with van der Waals surface area (Å²) >= 11 is 0. The minimum Gasteiger partial charge on any atom is -0.480 e. The number of hydrogen-bond acceptors (Lipinski definition) is 26. The van der Waals surface area contributed by atoms with Gasteiger partial charge >= 0.3 is 46.9 Å². The number of benzene rings is 2. The summed E-state index contributed by atoms with van der Waals surface area (Å²) < 4.78 is 9.49. The molecule has 32 heteroatoms. The summed E-state index contributed by atoms with van der Waals surface area (Å²) in [6.45, 7) is 0.288. The third-order valence-electron chi connectivity index (χ3n) is 10.3. The van der Waals surface area contributed by atoms with Crippen LogP contribution in [0.5, 0.6) is 0 Å². The van der Waals surface area contributed by atoms with E-state index in [4.69, 9.17) is 32.4 Å². The standard InChI is InChI=1S/C44H46N16O14S2/c45-25(41(71)73-29(61)11-9-27(39(67)68)55-35(63)19-1-5-21(6-2-19)49-13-23-15-51-33-31(53-23)37(65)59-43(47)57-33)17-75-76-18-26(46)42(72)74-30(62)12-10-28(40(69)70)56-36(64)20-3-7-22(8-4-20)50-14-24-16-52-34-32(54-24)38(66)60-44(48)58-34/h1-8,15-16,25-28,49-50H,9-14,17-18,45-46H2,(H,55,63)(H,56,64)(H,67,68)(H,69,70)(H3,47,51,57,59,65)(H3,48,52,58,60,66)/t25-,26-,27-,28-/m0/s1. The van der Waals surface area contributed by atoms with E-state index in [9.17, 15) is 58.2 Å². The predicted octanol–water partition coefficient (Wildman–Crippen LogP) is -1.07. The average molecular weight is 1090 g/mol.